The molecule has 2 fully saturated rings. The monoisotopic (exact) mass is 353 g/mol. The minimum Gasteiger partial charge on any atom is -0.353 e. The number of thiol groups is 1. The zero-order chi connectivity index (χ0) is 16.1. The van der Waals surface area contributed by atoms with E-state index in [0.29, 0.717) is 44.7 Å². The molecule has 2 aliphatic heterocycles. The number of fused-ring (bicyclic) bond motifs is 1. The topological polar surface area (TPSA) is 83.3 Å². The summed E-state index contributed by atoms with van der Waals surface area (Å²) >= 11 is 10.5. The van der Waals surface area contributed by atoms with Gasteiger partial charge in [0.1, 0.15) is 11.0 Å². The first kappa shape index (κ1) is 15.3. The third-order valence-corrected chi connectivity index (χ3v) is 5.36. The predicted molar refractivity (Wildman–Crippen MR) is 87.4 cm³/mol. The second kappa shape index (κ2) is 5.38. The molecule has 1 spiro atoms. The standard InChI is InChI=1S/C14H16ClN5O2S/c15-11-17-7-9-10(19-11)20(12(23)18-9)13(8-16)1-3-14(4-2-13)21-5-6-22-14/h7,12,18,23H,1-6H2. The van der Waals surface area contributed by atoms with E-state index < -0.39 is 11.3 Å². The molecule has 1 unspecified atom stereocenters. The Balaban J connectivity index is 1.66. The molecule has 4 rings (SSSR count). The molecule has 0 bridgehead atoms. The van der Waals surface area contributed by atoms with Gasteiger partial charge < -0.3 is 19.7 Å². The lowest BCUT2D eigenvalue weighted by Gasteiger charge is -2.45. The number of hydrogen-bond acceptors (Lipinski definition) is 8. The SMILES string of the molecule is N#CC1(N2c3nc(Cl)ncc3NC2S)CCC2(CC1)OCCO2. The van der Waals surface area contributed by atoms with Crippen LogP contribution in [0.15, 0.2) is 6.20 Å². The van der Waals surface area contributed by atoms with Crippen molar-refractivity contribution < 1.29 is 9.47 Å². The summed E-state index contributed by atoms with van der Waals surface area (Å²) < 4.78 is 11.5. The Morgan fingerprint density at radius 3 is 2.70 bits per heavy atom. The molecule has 1 atom stereocenters. The van der Waals surface area contributed by atoms with Crippen LogP contribution in [0, 0.1) is 11.3 Å². The lowest BCUT2D eigenvalue weighted by atomic mass is 9.78. The Morgan fingerprint density at radius 2 is 2.04 bits per heavy atom. The van der Waals surface area contributed by atoms with Crippen molar-refractivity contribution in [2.75, 3.05) is 23.4 Å². The number of nitriles is 1. The molecule has 9 heteroatoms. The van der Waals surface area contributed by atoms with Gasteiger partial charge in [-0.3, -0.25) is 0 Å². The highest BCUT2D eigenvalue weighted by atomic mass is 35.5. The fourth-order valence-corrected chi connectivity index (χ4v) is 4.23. The molecular formula is C14H16ClN5O2S. The first-order valence-electron chi connectivity index (χ1n) is 7.53. The second-order valence-electron chi connectivity index (χ2n) is 6.02. The van der Waals surface area contributed by atoms with Gasteiger partial charge in [0.25, 0.3) is 0 Å². The minimum absolute atomic E-state index is 0.154. The van der Waals surface area contributed by atoms with Crippen molar-refractivity contribution in [2.24, 2.45) is 0 Å². The van der Waals surface area contributed by atoms with E-state index in [9.17, 15) is 5.26 Å². The van der Waals surface area contributed by atoms with Gasteiger partial charge in [0.2, 0.25) is 5.28 Å². The predicted octanol–water partition coefficient (Wildman–Crippen LogP) is 2.15. The molecule has 1 aromatic rings. The molecule has 23 heavy (non-hydrogen) atoms. The fourth-order valence-electron chi connectivity index (χ4n) is 3.63. The van der Waals surface area contributed by atoms with Gasteiger partial charge in [-0.15, -0.1) is 12.6 Å². The molecule has 1 saturated heterocycles. The molecule has 0 aromatic carbocycles. The summed E-state index contributed by atoms with van der Waals surface area (Å²) in [7, 11) is 0. The maximum atomic E-state index is 9.93. The molecule has 1 aliphatic carbocycles. The maximum absolute atomic E-state index is 9.93. The van der Waals surface area contributed by atoms with Gasteiger partial charge in [0.05, 0.1) is 31.2 Å². The molecule has 0 radical (unpaired) electrons. The summed E-state index contributed by atoms with van der Waals surface area (Å²) in [6.45, 7) is 1.23. The van der Waals surface area contributed by atoms with E-state index in [1.54, 1.807) is 6.20 Å². The van der Waals surface area contributed by atoms with E-state index in [2.05, 4.69) is 34.0 Å². The Labute approximate surface area is 144 Å². The number of anilines is 2. The largest absolute Gasteiger partial charge is 0.353 e. The van der Waals surface area contributed by atoms with Crippen LogP contribution in [0.3, 0.4) is 0 Å². The summed E-state index contributed by atoms with van der Waals surface area (Å²) in [5.41, 5.74) is -0.335. The summed E-state index contributed by atoms with van der Waals surface area (Å²) in [6, 6.07) is 2.48. The highest BCUT2D eigenvalue weighted by Gasteiger charge is 2.52. The third kappa shape index (κ3) is 2.34. The first-order chi connectivity index (χ1) is 11.1. The van der Waals surface area contributed by atoms with Gasteiger partial charge in [0.15, 0.2) is 11.6 Å². The summed E-state index contributed by atoms with van der Waals surface area (Å²) in [4.78, 5) is 10.2. The van der Waals surface area contributed by atoms with E-state index in [4.69, 9.17) is 21.1 Å². The lowest BCUT2D eigenvalue weighted by Crippen LogP contribution is -2.56. The molecule has 3 heterocycles. The quantitative estimate of drug-likeness (QED) is 0.591. The van der Waals surface area contributed by atoms with Crippen molar-refractivity contribution in [3.05, 3.63) is 11.5 Å². The van der Waals surface area contributed by atoms with Gasteiger partial charge in [-0.05, 0) is 24.4 Å². The van der Waals surface area contributed by atoms with Crippen molar-refractivity contribution in [2.45, 2.75) is 42.5 Å². The number of aromatic nitrogens is 2. The zero-order valence-corrected chi connectivity index (χ0v) is 14.0. The second-order valence-corrected chi connectivity index (χ2v) is 6.84. The molecule has 1 N–H and O–H groups in total. The van der Waals surface area contributed by atoms with Crippen LogP contribution in [0.25, 0.3) is 0 Å². The van der Waals surface area contributed by atoms with Crippen molar-refractivity contribution in [1.82, 2.24) is 9.97 Å². The van der Waals surface area contributed by atoms with E-state index in [1.807, 2.05) is 4.90 Å². The molecular weight excluding hydrogens is 338 g/mol. The van der Waals surface area contributed by atoms with E-state index >= 15 is 0 Å². The highest BCUT2D eigenvalue weighted by molar-refractivity contribution is 7.81. The summed E-state index contributed by atoms with van der Waals surface area (Å²) in [6.07, 6.45) is 4.19. The molecule has 7 nitrogen and oxygen atoms in total. The lowest BCUT2D eigenvalue weighted by molar-refractivity contribution is -0.181. The minimum atomic E-state index is -0.719. The van der Waals surface area contributed by atoms with Crippen LogP contribution in [0.2, 0.25) is 5.28 Å². The Hall–Kier alpha value is -1.27. The number of ether oxygens (including phenoxy) is 2. The van der Waals surface area contributed by atoms with E-state index in [1.165, 1.54) is 0 Å². The fraction of sp³-hybridized carbons (Fsp3) is 0.643. The number of hydrogen-bond donors (Lipinski definition) is 2. The van der Waals surface area contributed by atoms with Crippen molar-refractivity contribution in [3.8, 4) is 6.07 Å². The van der Waals surface area contributed by atoms with E-state index in [-0.39, 0.29) is 10.8 Å². The van der Waals surface area contributed by atoms with Crippen molar-refractivity contribution in [3.63, 3.8) is 0 Å². The van der Waals surface area contributed by atoms with Crippen LogP contribution in [-0.4, -0.2) is 40.0 Å². The number of rotatable bonds is 1. The van der Waals surface area contributed by atoms with Gasteiger partial charge in [0, 0.05) is 12.8 Å². The molecule has 1 saturated carbocycles. The third-order valence-electron chi connectivity index (χ3n) is 4.82. The Kier molecular flexibility index (Phi) is 3.57. The van der Waals surface area contributed by atoms with Gasteiger partial charge in [-0.25, -0.2) is 4.98 Å². The summed E-state index contributed by atoms with van der Waals surface area (Å²) in [5, 5.41) is 13.3. The van der Waals surface area contributed by atoms with Crippen LogP contribution in [0.5, 0.6) is 0 Å². The van der Waals surface area contributed by atoms with Crippen LogP contribution < -0.4 is 10.2 Å². The van der Waals surface area contributed by atoms with Crippen LogP contribution in [0.4, 0.5) is 11.5 Å². The number of nitrogens with one attached hydrogen (secondary N) is 1. The molecule has 1 aromatic heterocycles. The Morgan fingerprint density at radius 1 is 1.35 bits per heavy atom. The number of nitrogens with zero attached hydrogens (tertiary/aromatic N) is 4. The van der Waals surface area contributed by atoms with E-state index in [0.717, 1.165) is 5.69 Å². The first-order valence-corrected chi connectivity index (χ1v) is 8.43. The average Bonchev–Trinajstić information content (AvgIpc) is 3.13. The van der Waals surface area contributed by atoms with Crippen LogP contribution in [-0.2, 0) is 9.47 Å². The van der Waals surface area contributed by atoms with Gasteiger partial charge in [-0.2, -0.15) is 10.2 Å². The smallest absolute Gasteiger partial charge is 0.224 e. The highest BCUT2D eigenvalue weighted by Crippen LogP contribution is 2.48. The normalized spacial score (nSPS) is 27.5. The maximum Gasteiger partial charge on any atom is 0.224 e. The van der Waals surface area contributed by atoms with Gasteiger partial charge >= 0.3 is 0 Å². The molecule has 0 amide bonds. The van der Waals surface area contributed by atoms with Crippen molar-refractivity contribution >= 4 is 35.7 Å². The zero-order valence-electron chi connectivity index (χ0n) is 12.3. The summed E-state index contributed by atoms with van der Waals surface area (Å²) in [5.74, 6) is 0.0990. The Bertz CT molecular complexity index is 666. The average molecular weight is 354 g/mol. The van der Waals surface area contributed by atoms with Crippen LogP contribution >= 0.6 is 24.2 Å². The number of halogens is 1. The molecule has 3 aliphatic rings. The van der Waals surface area contributed by atoms with Crippen molar-refractivity contribution in [1.29, 1.82) is 5.26 Å². The molecule has 122 valence electrons. The van der Waals surface area contributed by atoms with Gasteiger partial charge in [-0.1, -0.05) is 0 Å². The van der Waals surface area contributed by atoms with Crippen LogP contribution in [0.1, 0.15) is 25.7 Å².